The van der Waals surface area contributed by atoms with Gasteiger partial charge in [-0.3, -0.25) is 14.3 Å². The van der Waals surface area contributed by atoms with E-state index < -0.39 is 0 Å². The number of furan rings is 1. The number of carbonyl (C=O) groups is 1. The number of hydrogen-bond acceptors (Lipinski definition) is 6. The second-order valence-corrected chi connectivity index (χ2v) is 7.85. The van der Waals surface area contributed by atoms with Gasteiger partial charge in [0.25, 0.3) is 0 Å². The van der Waals surface area contributed by atoms with Crippen LogP contribution in [0.4, 0.5) is 0 Å². The van der Waals surface area contributed by atoms with E-state index in [9.17, 15) is 4.79 Å². The van der Waals surface area contributed by atoms with E-state index in [4.69, 9.17) is 4.42 Å². The van der Waals surface area contributed by atoms with Crippen molar-refractivity contribution in [2.24, 2.45) is 0 Å². The van der Waals surface area contributed by atoms with Gasteiger partial charge in [-0.1, -0.05) is 31.0 Å². The molecule has 0 spiro atoms. The van der Waals surface area contributed by atoms with Crippen LogP contribution in [0.1, 0.15) is 37.9 Å². The molecule has 3 aromatic rings. The van der Waals surface area contributed by atoms with Crippen LogP contribution in [-0.2, 0) is 11.3 Å². The Morgan fingerprint density at radius 2 is 2.11 bits per heavy atom. The fourth-order valence-electron chi connectivity index (χ4n) is 3.45. The zero-order valence-electron chi connectivity index (χ0n) is 15.6. The number of nitrogens with zero attached hydrogens (tertiary/aromatic N) is 4. The van der Waals surface area contributed by atoms with Gasteiger partial charge in [0.05, 0.1) is 18.6 Å². The van der Waals surface area contributed by atoms with Gasteiger partial charge in [0.2, 0.25) is 5.91 Å². The Morgan fingerprint density at radius 3 is 2.86 bits per heavy atom. The van der Waals surface area contributed by atoms with E-state index in [-0.39, 0.29) is 5.91 Å². The molecule has 28 heavy (non-hydrogen) atoms. The summed E-state index contributed by atoms with van der Waals surface area (Å²) in [4.78, 5) is 16.5. The fraction of sp³-hybridized carbons (Fsp3) is 0.400. The molecule has 0 aromatic carbocycles. The van der Waals surface area contributed by atoms with Gasteiger partial charge in [-0.15, -0.1) is 10.2 Å². The molecule has 0 atom stereocenters. The molecule has 1 aliphatic carbocycles. The normalized spacial score (nSPS) is 14.9. The number of carbonyl (C=O) groups excluding carboxylic acids is 1. The molecule has 0 saturated heterocycles. The minimum atomic E-state index is 0.0485. The van der Waals surface area contributed by atoms with E-state index in [1.807, 2.05) is 28.8 Å². The predicted octanol–water partition coefficient (Wildman–Crippen LogP) is 3.52. The van der Waals surface area contributed by atoms with E-state index in [1.54, 1.807) is 18.7 Å². The van der Waals surface area contributed by atoms with Crippen LogP contribution in [0.15, 0.2) is 52.5 Å². The molecule has 0 radical (unpaired) electrons. The molecular formula is C20H23N5O2S. The monoisotopic (exact) mass is 397 g/mol. The van der Waals surface area contributed by atoms with Gasteiger partial charge in [0, 0.05) is 24.0 Å². The summed E-state index contributed by atoms with van der Waals surface area (Å²) in [6.45, 7) is 0.497. The van der Waals surface area contributed by atoms with Crippen LogP contribution < -0.4 is 5.32 Å². The quantitative estimate of drug-likeness (QED) is 0.614. The first-order valence-electron chi connectivity index (χ1n) is 9.58. The second kappa shape index (κ2) is 9.05. The van der Waals surface area contributed by atoms with Crippen LogP contribution in [0.2, 0.25) is 0 Å². The summed E-state index contributed by atoms with van der Waals surface area (Å²) in [6, 6.07) is 7.89. The molecular weight excluding hydrogens is 374 g/mol. The molecule has 0 bridgehead atoms. The summed E-state index contributed by atoms with van der Waals surface area (Å²) in [6.07, 6.45) is 11.0. The van der Waals surface area contributed by atoms with Gasteiger partial charge >= 0.3 is 0 Å². The van der Waals surface area contributed by atoms with E-state index in [2.05, 4.69) is 20.5 Å². The number of pyridine rings is 1. The lowest BCUT2D eigenvalue weighted by Gasteiger charge is -2.22. The number of thioether (sulfide) groups is 1. The fourth-order valence-corrected chi connectivity index (χ4v) is 4.20. The van der Waals surface area contributed by atoms with Crippen molar-refractivity contribution in [1.29, 1.82) is 0 Å². The average molecular weight is 398 g/mol. The molecule has 3 aromatic heterocycles. The lowest BCUT2D eigenvalue weighted by molar-refractivity contribution is -0.119. The number of nitrogens with one attached hydrogen (secondary N) is 1. The second-order valence-electron chi connectivity index (χ2n) is 6.90. The highest BCUT2D eigenvalue weighted by Crippen LogP contribution is 2.25. The van der Waals surface area contributed by atoms with Crippen molar-refractivity contribution in [1.82, 2.24) is 25.1 Å². The Kier molecular flexibility index (Phi) is 6.06. The first-order chi connectivity index (χ1) is 13.8. The van der Waals surface area contributed by atoms with E-state index in [1.165, 1.54) is 31.0 Å². The SMILES string of the molecule is O=C(CSc1nnc(-c2cccnc2)n1Cc1ccco1)NC1CCCCC1. The smallest absolute Gasteiger partial charge is 0.230 e. The first-order valence-corrected chi connectivity index (χ1v) is 10.6. The lowest BCUT2D eigenvalue weighted by atomic mass is 9.95. The van der Waals surface area contributed by atoms with Gasteiger partial charge in [0.15, 0.2) is 11.0 Å². The summed E-state index contributed by atoms with van der Waals surface area (Å²) < 4.78 is 7.46. The standard InChI is InChI=1S/C20H23N5O2S/c26-18(22-16-7-2-1-3-8-16)14-28-20-24-23-19(15-6-4-10-21-12-15)25(20)13-17-9-5-11-27-17/h4-6,9-12,16H,1-3,7-8,13-14H2,(H,22,26). The highest BCUT2D eigenvalue weighted by molar-refractivity contribution is 7.99. The maximum absolute atomic E-state index is 12.4. The summed E-state index contributed by atoms with van der Waals surface area (Å²) in [5.41, 5.74) is 0.875. The van der Waals surface area contributed by atoms with E-state index in [0.717, 1.165) is 24.2 Å². The van der Waals surface area contributed by atoms with Crippen LogP contribution >= 0.6 is 11.8 Å². The summed E-state index contributed by atoms with van der Waals surface area (Å²) in [5.74, 6) is 1.88. The Labute approximate surface area is 167 Å². The molecule has 8 heteroatoms. The molecule has 1 amide bonds. The minimum Gasteiger partial charge on any atom is -0.467 e. The Hall–Kier alpha value is -2.61. The molecule has 1 fully saturated rings. The van der Waals surface area contributed by atoms with Crippen LogP contribution in [0.5, 0.6) is 0 Å². The van der Waals surface area contributed by atoms with Crippen molar-refractivity contribution >= 4 is 17.7 Å². The van der Waals surface area contributed by atoms with Crippen molar-refractivity contribution in [2.75, 3.05) is 5.75 Å². The van der Waals surface area contributed by atoms with Crippen LogP contribution in [0.25, 0.3) is 11.4 Å². The maximum atomic E-state index is 12.4. The highest BCUT2D eigenvalue weighted by atomic mass is 32.2. The molecule has 0 unspecified atom stereocenters. The molecule has 1 aliphatic rings. The number of rotatable bonds is 7. The van der Waals surface area contributed by atoms with Gasteiger partial charge in [-0.25, -0.2) is 0 Å². The van der Waals surface area contributed by atoms with Crippen LogP contribution in [0.3, 0.4) is 0 Å². The average Bonchev–Trinajstić information content (AvgIpc) is 3.38. The minimum absolute atomic E-state index is 0.0485. The van der Waals surface area contributed by atoms with Crippen molar-refractivity contribution < 1.29 is 9.21 Å². The number of aromatic nitrogens is 4. The van der Waals surface area contributed by atoms with Gasteiger partial charge in [0.1, 0.15) is 5.76 Å². The van der Waals surface area contributed by atoms with Crippen LogP contribution in [-0.4, -0.2) is 37.5 Å². The third-order valence-electron chi connectivity index (χ3n) is 4.83. The summed E-state index contributed by atoms with van der Waals surface area (Å²) in [7, 11) is 0. The molecule has 0 aliphatic heterocycles. The number of amides is 1. The molecule has 146 valence electrons. The van der Waals surface area contributed by atoms with Gasteiger partial charge in [-0.2, -0.15) is 0 Å². The Bertz CT molecular complexity index is 889. The van der Waals surface area contributed by atoms with Crippen molar-refractivity contribution in [2.45, 2.75) is 49.8 Å². The largest absolute Gasteiger partial charge is 0.467 e. The molecule has 1 N–H and O–H groups in total. The summed E-state index contributed by atoms with van der Waals surface area (Å²) in [5, 5.41) is 12.5. The van der Waals surface area contributed by atoms with Crippen molar-refractivity contribution in [3.8, 4) is 11.4 Å². The highest BCUT2D eigenvalue weighted by Gasteiger charge is 2.19. The third-order valence-corrected chi connectivity index (χ3v) is 5.80. The van der Waals surface area contributed by atoms with Crippen molar-refractivity contribution in [3.05, 3.63) is 48.7 Å². The maximum Gasteiger partial charge on any atom is 0.230 e. The first kappa shape index (κ1) is 18.7. The third kappa shape index (κ3) is 4.62. The van der Waals surface area contributed by atoms with Crippen LogP contribution in [0, 0.1) is 0 Å². The molecule has 1 saturated carbocycles. The Balaban J connectivity index is 1.48. The lowest BCUT2D eigenvalue weighted by Crippen LogP contribution is -2.37. The van der Waals surface area contributed by atoms with E-state index in [0.29, 0.717) is 29.3 Å². The Morgan fingerprint density at radius 1 is 1.21 bits per heavy atom. The zero-order chi connectivity index (χ0) is 19.2. The summed E-state index contributed by atoms with van der Waals surface area (Å²) >= 11 is 1.40. The topological polar surface area (TPSA) is 85.8 Å². The molecule has 7 nitrogen and oxygen atoms in total. The van der Waals surface area contributed by atoms with Gasteiger partial charge < -0.3 is 9.73 Å². The number of hydrogen-bond donors (Lipinski definition) is 1. The molecule has 4 rings (SSSR count). The van der Waals surface area contributed by atoms with Crippen molar-refractivity contribution in [3.63, 3.8) is 0 Å². The molecule has 3 heterocycles. The zero-order valence-corrected chi connectivity index (χ0v) is 16.4. The predicted molar refractivity (Wildman–Crippen MR) is 107 cm³/mol. The van der Waals surface area contributed by atoms with Gasteiger partial charge in [-0.05, 0) is 37.1 Å². The van der Waals surface area contributed by atoms with E-state index >= 15 is 0 Å².